The monoisotopic (exact) mass is 773 g/mol. The number of rotatable bonds is 4. The van der Waals surface area contributed by atoms with E-state index < -0.39 is 0 Å². The molecule has 0 amide bonds. The minimum atomic E-state index is -0.142. The molecular formula is C39H38N4OPt. The molecule has 0 spiro atoms. The normalized spacial score (nSPS) is 13.3. The first-order valence-electron chi connectivity index (χ1n) is 15.2. The quantitative estimate of drug-likeness (QED) is 0.167. The summed E-state index contributed by atoms with van der Waals surface area (Å²) in [6.45, 7) is 14.2. The summed E-state index contributed by atoms with van der Waals surface area (Å²) >= 11 is 0. The summed E-state index contributed by atoms with van der Waals surface area (Å²) < 4.78 is 8.85. The first-order valence-corrected chi connectivity index (χ1v) is 15.2. The van der Waals surface area contributed by atoms with Crippen molar-refractivity contribution in [1.82, 2.24) is 9.55 Å². The summed E-state index contributed by atoms with van der Waals surface area (Å²) in [5.41, 5.74) is 7.69. The molecule has 7 rings (SSSR count). The van der Waals surface area contributed by atoms with E-state index in [1.165, 1.54) is 33.3 Å². The van der Waals surface area contributed by atoms with Gasteiger partial charge < -0.3 is 19.1 Å². The van der Waals surface area contributed by atoms with Crippen molar-refractivity contribution in [2.75, 3.05) is 23.5 Å². The third-order valence-corrected chi connectivity index (χ3v) is 8.51. The average molecular weight is 774 g/mol. The summed E-state index contributed by atoms with van der Waals surface area (Å²) in [4.78, 5) is 9.38. The predicted octanol–water partition coefficient (Wildman–Crippen LogP) is 9.71. The van der Waals surface area contributed by atoms with Crippen molar-refractivity contribution in [2.45, 2.75) is 52.4 Å². The Hall–Kier alpha value is -4.08. The molecule has 6 heteroatoms. The van der Waals surface area contributed by atoms with E-state index in [0.29, 0.717) is 11.5 Å². The number of para-hydroxylation sites is 3. The number of anilines is 3. The molecule has 1 aliphatic heterocycles. The van der Waals surface area contributed by atoms with Crippen molar-refractivity contribution in [1.29, 1.82) is 0 Å². The molecule has 4 aromatic carbocycles. The fourth-order valence-corrected chi connectivity index (χ4v) is 6.24. The van der Waals surface area contributed by atoms with Gasteiger partial charge in [-0.1, -0.05) is 88.5 Å². The van der Waals surface area contributed by atoms with Gasteiger partial charge in [-0.2, -0.15) is 6.07 Å². The number of hydrogen-bond donors (Lipinski definition) is 0. The van der Waals surface area contributed by atoms with E-state index in [1.807, 2.05) is 18.3 Å². The van der Waals surface area contributed by atoms with Gasteiger partial charge in [0.2, 0.25) is 0 Å². The Morgan fingerprint density at radius 1 is 0.756 bits per heavy atom. The summed E-state index contributed by atoms with van der Waals surface area (Å²) in [6.07, 6.45) is 1.91. The molecule has 1 aliphatic rings. The molecule has 2 aromatic heterocycles. The number of fused-ring (bicyclic) bond motifs is 4. The summed E-state index contributed by atoms with van der Waals surface area (Å²) in [7, 11) is 2.11. The van der Waals surface area contributed by atoms with Crippen molar-refractivity contribution in [3.63, 3.8) is 0 Å². The molecule has 6 aromatic rings. The van der Waals surface area contributed by atoms with E-state index in [1.54, 1.807) is 0 Å². The van der Waals surface area contributed by atoms with Crippen LogP contribution in [0.15, 0.2) is 91.1 Å². The maximum absolute atomic E-state index is 6.62. The SMILES string of the molecule is CN1CN(c2[c-]c(Oc3[c-]c4c(c(C(C)(C)C)c3)c3ccccc3n4-c3cc(C(C)(C)C)ccn3)ccc2)c2ccccc21.[Pt+2]. The van der Waals surface area contributed by atoms with Crippen molar-refractivity contribution in [3.8, 4) is 17.3 Å². The van der Waals surface area contributed by atoms with Gasteiger partial charge in [0.25, 0.3) is 0 Å². The van der Waals surface area contributed by atoms with Crippen LogP contribution in [-0.4, -0.2) is 23.3 Å². The Kier molecular flexibility index (Phi) is 7.81. The summed E-state index contributed by atoms with van der Waals surface area (Å²) in [5.74, 6) is 2.19. The topological polar surface area (TPSA) is 33.5 Å². The molecule has 5 nitrogen and oxygen atoms in total. The fourth-order valence-electron chi connectivity index (χ4n) is 6.24. The molecule has 0 N–H and O–H groups in total. The molecule has 0 saturated carbocycles. The van der Waals surface area contributed by atoms with Crippen LogP contribution in [0.5, 0.6) is 11.5 Å². The Labute approximate surface area is 280 Å². The largest absolute Gasteiger partial charge is 2.00 e. The maximum atomic E-state index is 6.62. The molecule has 230 valence electrons. The van der Waals surface area contributed by atoms with E-state index in [2.05, 4.69) is 148 Å². The minimum Gasteiger partial charge on any atom is -0.509 e. The zero-order valence-electron chi connectivity index (χ0n) is 26.9. The second kappa shape index (κ2) is 11.4. The molecule has 45 heavy (non-hydrogen) atoms. The Balaban J connectivity index is 0.00000357. The van der Waals surface area contributed by atoms with Gasteiger partial charge in [-0.05, 0) is 52.1 Å². The van der Waals surface area contributed by atoms with Gasteiger partial charge in [-0.25, -0.2) is 4.98 Å². The molecule has 0 bridgehead atoms. The fraction of sp³-hybridized carbons (Fsp3) is 0.256. The van der Waals surface area contributed by atoms with Crippen LogP contribution in [0.1, 0.15) is 52.7 Å². The third-order valence-electron chi connectivity index (χ3n) is 8.51. The first-order chi connectivity index (χ1) is 21.0. The molecule has 0 saturated heterocycles. The number of pyridine rings is 1. The second-order valence-corrected chi connectivity index (χ2v) is 13.8. The van der Waals surface area contributed by atoms with E-state index in [9.17, 15) is 0 Å². The van der Waals surface area contributed by atoms with Gasteiger partial charge in [0.15, 0.2) is 0 Å². The van der Waals surface area contributed by atoms with Crippen LogP contribution in [0.2, 0.25) is 0 Å². The Morgan fingerprint density at radius 2 is 1.49 bits per heavy atom. The van der Waals surface area contributed by atoms with Crippen molar-refractivity contribution in [2.24, 2.45) is 0 Å². The van der Waals surface area contributed by atoms with Crippen LogP contribution in [-0.2, 0) is 31.9 Å². The average Bonchev–Trinajstić information content (AvgIpc) is 3.51. The van der Waals surface area contributed by atoms with Gasteiger partial charge in [-0.3, -0.25) is 0 Å². The molecule has 0 radical (unpaired) electrons. The van der Waals surface area contributed by atoms with Gasteiger partial charge in [0.05, 0.1) is 18.0 Å². The number of aromatic nitrogens is 2. The van der Waals surface area contributed by atoms with Crippen LogP contribution in [0.25, 0.3) is 27.6 Å². The van der Waals surface area contributed by atoms with Crippen LogP contribution < -0.4 is 14.5 Å². The van der Waals surface area contributed by atoms with Crippen LogP contribution >= 0.6 is 0 Å². The van der Waals surface area contributed by atoms with Gasteiger partial charge in [-0.15, -0.1) is 35.9 Å². The number of nitrogens with zero attached hydrogens (tertiary/aromatic N) is 4. The molecule has 0 aliphatic carbocycles. The summed E-state index contributed by atoms with van der Waals surface area (Å²) in [6, 6.07) is 36.8. The van der Waals surface area contributed by atoms with E-state index in [-0.39, 0.29) is 31.9 Å². The third kappa shape index (κ3) is 5.53. The van der Waals surface area contributed by atoms with Crippen LogP contribution in [0, 0.1) is 12.1 Å². The van der Waals surface area contributed by atoms with Crippen LogP contribution in [0.4, 0.5) is 17.1 Å². The van der Waals surface area contributed by atoms with Crippen molar-refractivity contribution in [3.05, 3.63) is 114 Å². The van der Waals surface area contributed by atoms with Gasteiger partial charge in [0, 0.05) is 30.3 Å². The number of hydrogen-bond acceptors (Lipinski definition) is 4. The Bertz CT molecular complexity index is 2030. The Morgan fingerprint density at radius 3 is 2.24 bits per heavy atom. The van der Waals surface area contributed by atoms with Crippen molar-refractivity contribution < 1.29 is 25.8 Å². The second-order valence-electron chi connectivity index (χ2n) is 13.8. The molecule has 3 heterocycles. The number of benzene rings is 4. The van der Waals surface area contributed by atoms with E-state index in [0.717, 1.165) is 29.2 Å². The smallest absolute Gasteiger partial charge is 0.509 e. The van der Waals surface area contributed by atoms with E-state index >= 15 is 0 Å². The molecule has 0 fully saturated rings. The van der Waals surface area contributed by atoms with E-state index in [4.69, 9.17) is 9.72 Å². The van der Waals surface area contributed by atoms with Crippen molar-refractivity contribution >= 4 is 38.9 Å². The number of ether oxygens (including phenoxy) is 1. The zero-order valence-corrected chi connectivity index (χ0v) is 29.2. The molecular weight excluding hydrogens is 736 g/mol. The van der Waals surface area contributed by atoms with Gasteiger partial charge in [0.1, 0.15) is 5.82 Å². The predicted molar refractivity (Wildman–Crippen MR) is 182 cm³/mol. The standard InChI is InChI=1S/C39H38N4O.Pt/c1-38(2,3)26-19-20-40-36(21-26)43-32-16-9-8-15-30(32)37-31(39(4,5)6)23-29(24-35(37)43)44-28-14-12-13-27(22-28)42-25-41(7)33-17-10-11-18-34(33)42;/h8-21,23H,25H2,1-7H3;/q-2;+2. The molecule has 0 unspecified atom stereocenters. The first kappa shape index (κ1) is 30.9. The zero-order chi connectivity index (χ0) is 30.8. The van der Waals surface area contributed by atoms with Gasteiger partial charge >= 0.3 is 21.1 Å². The molecule has 0 atom stereocenters. The maximum Gasteiger partial charge on any atom is 2.00 e. The summed E-state index contributed by atoms with van der Waals surface area (Å²) in [5, 5.41) is 2.36. The van der Waals surface area contributed by atoms with Crippen LogP contribution in [0.3, 0.4) is 0 Å². The minimum absolute atomic E-state index is 0.